The molecule has 94 valence electrons. The zero-order valence-electron chi connectivity index (χ0n) is 10.8. The third-order valence-corrected chi connectivity index (χ3v) is 3.09. The molecule has 0 heterocycles. The van der Waals surface area contributed by atoms with Crippen LogP contribution in [0.4, 0.5) is 0 Å². The van der Waals surface area contributed by atoms with E-state index in [1.165, 1.54) is 6.21 Å². The first-order valence-corrected chi connectivity index (χ1v) is 5.60. The molecule has 1 rings (SSSR count). The first-order valence-electron chi connectivity index (χ1n) is 5.60. The minimum Gasteiger partial charge on any atom is -0.312 e. The molecule has 1 unspecified atom stereocenters. The van der Waals surface area contributed by atoms with Crippen molar-refractivity contribution in [3.63, 3.8) is 0 Å². The van der Waals surface area contributed by atoms with Crippen molar-refractivity contribution in [2.24, 2.45) is 5.11 Å². The fraction of sp³-hybridized carbons (Fsp3) is 0.385. The van der Waals surface area contributed by atoms with Gasteiger partial charge in [-0.25, -0.2) is 0 Å². The molecule has 0 aromatic heterocycles. The van der Waals surface area contributed by atoms with Gasteiger partial charge in [-0.3, -0.25) is 0 Å². The van der Waals surface area contributed by atoms with Crippen LogP contribution < -0.4 is 0 Å². The minimum absolute atomic E-state index is 0.380. The Morgan fingerprint density at radius 2 is 1.78 bits per heavy atom. The number of hydrogen-bond acceptors (Lipinski definition) is 3. The summed E-state index contributed by atoms with van der Waals surface area (Å²) in [5.74, 6) is 0. The first-order chi connectivity index (χ1) is 8.39. The van der Waals surface area contributed by atoms with Gasteiger partial charge in [-0.2, -0.15) is 0 Å². The molecule has 1 atom stereocenters. The molecular formula is C13H17N5. The lowest BCUT2D eigenvalue weighted by atomic mass is 9.82. The third kappa shape index (κ3) is 2.57. The third-order valence-electron chi connectivity index (χ3n) is 3.09. The summed E-state index contributed by atoms with van der Waals surface area (Å²) in [4.78, 5) is 2.80. The predicted molar refractivity (Wildman–Crippen MR) is 73.5 cm³/mol. The number of hydrogen-bond donors (Lipinski definition) is 2. The molecule has 0 saturated heterocycles. The average Bonchev–Trinajstić information content (AvgIpc) is 2.39. The van der Waals surface area contributed by atoms with Crippen molar-refractivity contribution in [3.8, 4) is 0 Å². The van der Waals surface area contributed by atoms with Gasteiger partial charge in [-0.05, 0) is 23.6 Å². The first kappa shape index (κ1) is 13.9. The molecule has 18 heavy (non-hydrogen) atoms. The maximum Gasteiger partial charge on any atom is 0.105 e. The van der Waals surface area contributed by atoms with E-state index >= 15 is 0 Å². The SMILES string of the molecule is CC(C)(C=N)c1cccc(C(C)(C=N)N=[N+]=[N-])c1. The van der Waals surface area contributed by atoms with Gasteiger partial charge in [0.1, 0.15) is 5.54 Å². The zero-order valence-corrected chi connectivity index (χ0v) is 10.8. The quantitative estimate of drug-likeness (QED) is 0.340. The van der Waals surface area contributed by atoms with E-state index in [2.05, 4.69) is 10.0 Å². The zero-order chi connectivity index (χ0) is 13.8. The molecule has 5 nitrogen and oxygen atoms in total. The van der Waals surface area contributed by atoms with Crippen LogP contribution in [0.3, 0.4) is 0 Å². The van der Waals surface area contributed by atoms with Gasteiger partial charge in [0, 0.05) is 22.8 Å². The summed E-state index contributed by atoms with van der Waals surface area (Å²) >= 11 is 0. The Bertz CT molecular complexity index is 514. The lowest BCUT2D eigenvalue weighted by Crippen LogP contribution is -2.23. The molecule has 1 aromatic carbocycles. The van der Waals surface area contributed by atoms with E-state index in [-0.39, 0.29) is 5.41 Å². The molecule has 0 spiro atoms. The average molecular weight is 243 g/mol. The highest BCUT2D eigenvalue weighted by Crippen LogP contribution is 2.28. The fourth-order valence-corrected chi connectivity index (χ4v) is 1.58. The van der Waals surface area contributed by atoms with Gasteiger partial charge in [-0.1, -0.05) is 43.2 Å². The van der Waals surface area contributed by atoms with Crippen LogP contribution in [-0.2, 0) is 11.0 Å². The van der Waals surface area contributed by atoms with Crippen LogP contribution in [0.1, 0.15) is 31.9 Å². The van der Waals surface area contributed by atoms with Crippen LogP contribution in [0.5, 0.6) is 0 Å². The number of azide groups is 1. The Kier molecular flexibility index (Phi) is 3.89. The maximum atomic E-state index is 8.59. The molecule has 2 N–H and O–H groups in total. The number of rotatable bonds is 5. The predicted octanol–water partition coefficient (Wildman–Crippen LogP) is 3.79. The molecule has 0 aliphatic carbocycles. The second kappa shape index (κ2) is 5.02. The van der Waals surface area contributed by atoms with E-state index in [1.807, 2.05) is 38.1 Å². The Labute approximate surface area is 106 Å². The van der Waals surface area contributed by atoms with Crippen molar-refractivity contribution < 1.29 is 0 Å². The monoisotopic (exact) mass is 243 g/mol. The van der Waals surface area contributed by atoms with Gasteiger partial charge in [0.05, 0.1) is 0 Å². The van der Waals surface area contributed by atoms with Gasteiger partial charge < -0.3 is 10.8 Å². The molecule has 5 heteroatoms. The highest BCUT2D eigenvalue weighted by Gasteiger charge is 2.25. The molecule has 0 amide bonds. The Morgan fingerprint density at radius 1 is 1.17 bits per heavy atom. The van der Waals surface area contributed by atoms with Crippen molar-refractivity contribution in [2.75, 3.05) is 0 Å². The van der Waals surface area contributed by atoms with Crippen LogP contribution in [0.25, 0.3) is 10.4 Å². The molecule has 0 bridgehead atoms. The number of nitrogens with one attached hydrogen (secondary N) is 2. The summed E-state index contributed by atoms with van der Waals surface area (Å²) in [7, 11) is 0. The Hall–Kier alpha value is -2.13. The summed E-state index contributed by atoms with van der Waals surface area (Å²) in [5.41, 5.74) is 8.93. The molecule has 1 aromatic rings. The van der Waals surface area contributed by atoms with Gasteiger partial charge in [0.15, 0.2) is 0 Å². The molecule has 0 radical (unpaired) electrons. The van der Waals surface area contributed by atoms with Crippen LogP contribution in [0.2, 0.25) is 0 Å². The topological polar surface area (TPSA) is 96.5 Å². The fourth-order valence-electron chi connectivity index (χ4n) is 1.58. The van der Waals surface area contributed by atoms with Gasteiger partial charge in [0.2, 0.25) is 0 Å². The van der Waals surface area contributed by atoms with Crippen molar-refractivity contribution >= 4 is 12.4 Å². The normalized spacial score (nSPS) is 14.2. The second-order valence-electron chi connectivity index (χ2n) is 4.93. The van der Waals surface area contributed by atoms with E-state index < -0.39 is 5.54 Å². The van der Waals surface area contributed by atoms with Crippen molar-refractivity contribution in [1.82, 2.24) is 0 Å². The van der Waals surface area contributed by atoms with Crippen LogP contribution >= 0.6 is 0 Å². The number of benzene rings is 1. The molecule has 0 saturated carbocycles. The van der Waals surface area contributed by atoms with Gasteiger partial charge in [0.25, 0.3) is 0 Å². The molecule has 0 aliphatic rings. The van der Waals surface area contributed by atoms with Crippen molar-refractivity contribution in [3.05, 3.63) is 45.8 Å². The highest BCUT2D eigenvalue weighted by atomic mass is 15.2. The smallest absolute Gasteiger partial charge is 0.105 e. The lowest BCUT2D eigenvalue weighted by molar-refractivity contribution is 0.671. The molecule has 0 fully saturated rings. The summed E-state index contributed by atoms with van der Waals surface area (Å²) in [6.07, 6.45) is 2.50. The molecular weight excluding hydrogens is 226 g/mol. The standard InChI is InChI=1S/C13H17N5/c1-12(2,8-14)10-5-4-6-11(7-10)13(3,9-15)17-18-16/h4-9,14-15H,1-3H3. The maximum absolute atomic E-state index is 8.59. The van der Waals surface area contributed by atoms with E-state index in [1.54, 1.807) is 6.92 Å². The summed E-state index contributed by atoms with van der Waals surface area (Å²) in [6, 6.07) is 7.48. The summed E-state index contributed by atoms with van der Waals surface area (Å²) in [5, 5.41) is 18.6. The van der Waals surface area contributed by atoms with Crippen LogP contribution in [0.15, 0.2) is 29.4 Å². The van der Waals surface area contributed by atoms with Gasteiger partial charge >= 0.3 is 0 Å². The largest absolute Gasteiger partial charge is 0.312 e. The van der Waals surface area contributed by atoms with E-state index in [0.717, 1.165) is 17.3 Å². The lowest BCUT2D eigenvalue weighted by Gasteiger charge is -2.24. The highest BCUT2D eigenvalue weighted by molar-refractivity contribution is 5.72. The molecule has 0 aliphatic heterocycles. The van der Waals surface area contributed by atoms with Crippen molar-refractivity contribution in [1.29, 1.82) is 10.8 Å². The van der Waals surface area contributed by atoms with Gasteiger partial charge in [-0.15, -0.1) is 0 Å². The van der Waals surface area contributed by atoms with E-state index in [4.69, 9.17) is 16.3 Å². The summed E-state index contributed by atoms with van der Waals surface area (Å²) in [6.45, 7) is 5.57. The number of nitrogens with zero attached hydrogens (tertiary/aromatic N) is 3. The van der Waals surface area contributed by atoms with E-state index in [9.17, 15) is 0 Å². The van der Waals surface area contributed by atoms with E-state index in [0.29, 0.717) is 0 Å². The Balaban J connectivity index is 3.36. The second-order valence-corrected chi connectivity index (χ2v) is 4.93. The van der Waals surface area contributed by atoms with Crippen LogP contribution in [0, 0.1) is 10.8 Å². The van der Waals surface area contributed by atoms with Crippen molar-refractivity contribution in [2.45, 2.75) is 31.7 Å². The van der Waals surface area contributed by atoms with Crippen LogP contribution in [-0.4, -0.2) is 12.4 Å². The Morgan fingerprint density at radius 3 is 2.28 bits per heavy atom. The summed E-state index contributed by atoms with van der Waals surface area (Å²) < 4.78 is 0. The minimum atomic E-state index is -0.983.